The number of nitrogens with one attached hydrogen (secondary N) is 2. The molecule has 2 amide bonds. The zero-order valence-corrected chi connectivity index (χ0v) is 10.3. The average molecular weight is 254 g/mol. The van der Waals surface area contributed by atoms with Crippen LogP contribution in [0.5, 0.6) is 0 Å². The van der Waals surface area contributed by atoms with Gasteiger partial charge in [0, 0.05) is 20.0 Å². The second-order valence-electron chi connectivity index (χ2n) is 4.27. The molecule has 1 aliphatic rings. The number of aliphatic carboxylic acids is 1. The lowest BCUT2D eigenvalue weighted by molar-refractivity contribution is -0.147. The van der Waals surface area contributed by atoms with E-state index in [9.17, 15) is 14.4 Å². The van der Waals surface area contributed by atoms with E-state index in [1.807, 2.05) is 6.08 Å². The highest BCUT2D eigenvalue weighted by atomic mass is 16.4. The van der Waals surface area contributed by atoms with Crippen molar-refractivity contribution < 1.29 is 19.5 Å². The molecule has 0 saturated carbocycles. The van der Waals surface area contributed by atoms with Crippen LogP contribution in [0.15, 0.2) is 12.2 Å². The fraction of sp³-hybridized carbons (Fsp3) is 0.583. The SMILES string of the molecule is CC(=O)NCCNC(=O)C1CC=CCC1C(=O)O. The lowest BCUT2D eigenvalue weighted by Crippen LogP contribution is -2.41. The van der Waals surface area contributed by atoms with E-state index in [0.717, 1.165) is 0 Å². The first-order chi connectivity index (χ1) is 8.52. The molecule has 2 atom stereocenters. The minimum absolute atomic E-state index is 0.159. The van der Waals surface area contributed by atoms with Crippen LogP contribution in [0.25, 0.3) is 0 Å². The molecule has 0 fully saturated rings. The minimum Gasteiger partial charge on any atom is -0.481 e. The Labute approximate surface area is 105 Å². The number of carboxylic acid groups (broad SMARTS) is 1. The molecule has 0 radical (unpaired) electrons. The van der Waals surface area contributed by atoms with E-state index in [-0.39, 0.29) is 11.8 Å². The average Bonchev–Trinajstić information content (AvgIpc) is 2.34. The van der Waals surface area contributed by atoms with Gasteiger partial charge in [-0.25, -0.2) is 0 Å². The summed E-state index contributed by atoms with van der Waals surface area (Å²) in [5, 5.41) is 14.2. The van der Waals surface area contributed by atoms with Crippen LogP contribution in [0.4, 0.5) is 0 Å². The highest BCUT2D eigenvalue weighted by Crippen LogP contribution is 2.25. The van der Waals surface area contributed by atoms with E-state index in [1.54, 1.807) is 6.08 Å². The van der Waals surface area contributed by atoms with Crippen LogP contribution in [0, 0.1) is 11.8 Å². The number of carbonyl (C=O) groups is 3. The molecule has 0 aromatic rings. The van der Waals surface area contributed by atoms with Crippen LogP contribution in [0.1, 0.15) is 19.8 Å². The Morgan fingerprint density at radius 1 is 1.11 bits per heavy atom. The molecule has 100 valence electrons. The number of rotatable bonds is 5. The molecule has 1 rings (SSSR count). The predicted octanol–water partition coefficient (Wildman–Crippen LogP) is -0.0943. The molecule has 0 aliphatic heterocycles. The second kappa shape index (κ2) is 6.78. The Bertz CT molecular complexity index is 365. The second-order valence-corrected chi connectivity index (χ2v) is 4.27. The largest absolute Gasteiger partial charge is 0.481 e. The summed E-state index contributed by atoms with van der Waals surface area (Å²) in [7, 11) is 0. The van der Waals surface area contributed by atoms with Crippen LogP contribution >= 0.6 is 0 Å². The highest BCUT2D eigenvalue weighted by Gasteiger charge is 2.33. The fourth-order valence-corrected chi connectivity index (χ4v) is 1.93. The van der Waals surface area contributed by atoms with Gasteiger partial charge >= 0.3 is 5.97 Å². The Morgan fingerprint density at radius 2 is 1.67 bits per heavy atom. The molecule has 18 heavy (non-hydrogen) atoms. The van der Waals surface area contributed by atoms with Gasteiger partial charge in [0.25, 0.3) is 0 Å². The van der Waals surface area contributed by atoms with Crippen molar-refractivity contribution in [3.05, 3.63) is 12.2 Å². The zero-order valence-electron chi connectivity index (χ0n) is 10.3. The van der Waals surface area contributed by atoms with Gasteiger partial charge in [-0.05, 0) is 12.8 Å². The Balaban J connectivity index is 2.42. The number of hydrogen-bond donors (Lipinski definition) is 3. The smallest absolute Gasteiger partial charge is 0.307 e. The van der Waals surface area contributed by atoms with E-state index in [0.29, 0.717) is 25.9 Å². The monoisotopic (exact) mass is 254 g/mol. The van der Waals surface area contributed by atoms with Crippen LogP contribution < -0.4 is 10.6 Å². The first-order valence-corrected chi connectivity index (χ1v) is 5.92. The summed E-state index contributed by atoms with van der Waals surface area (Å²) in [4.78, 5) is 33.5. The van der Waals surface area contributed by atoms with E-state index >= 15 is 0 Å². The molecule has 0 bridgehead atoms. The van der Waals surface area contributed by atoms with Gasteiger partial charge < -0.3 is 15.7 Å². The highest BCUT2D eigenvalue weighted by molar-refractivity contribution is 5.85. The third-order valence-electron chi connectivity index (χ3n) is 2.88. The summed E-state index contributed by atoms with van der Waals surface area (Å²) in [6.07, 6.45) is 4.46. The van der Waals surface area contributed by atoms with E-state index in [2.05, 4.69) is 10.6 Å². The van der Waals surface area contributed by atoms with Gasteiger partial charge in [-0.15, -0.1) is 0 Å². The molecule has 2 unspecified atom stereocenters. The first-order valence-electron chi connectivity index (χ1n) is 5.92. The first kappa shape index (κ1) is 14.2. The summed E-state index contributed by atoms with van der Waals surface area (Å²) in [5.41, 5.74) is 0. The van der Waals surface area contributed by atoms with Crippen molar-refractivity contribution in [1.29, 1.82) is 0 Å². The standard InChI is InChI=1S/C12H18N2O4/c1-8(15)13-6-7-14-11(16)9-4-2-3-5-10(9)12(17)18/h2-3,9-10H,4-7H2,1H3,(H,13,15)(H,14,16)(H,17,18). The number of hydrogen-bond acceptors (Lipinski definition) is 3. The number of carbonyl (C=O) groups excluding carboxylic acids is 2. The topological polar surface area (TPSA) is 95.5 Å². The Kier molecular flexibility index (Phi) is 5.35. The van der Waals surface area contributed by atoms with Crippen molar-refractivity contribution in [2.24, 2.45) is 11.8 Å². The van der Waals surface area contributed by atoms with Gasteiger partial charge in [-0.1, -0.05) is 12.2 Å². The molecule has 6 heteroatoms. The Morgan fingerprint density at radius 3 is 2.22 bits per heavy atom. The third kappa shape index (κ3) is 4.20. The molecular weight excluding hydrogens is 236 g/mol. The maximum absolute atomic E-state index is 11.8. The molecule has 0 aromatic heterocycles. The van der Waals surface area contributed by atoms with Gasteiger partial charge in [-0.3, -0.25) is 14.4 Å². The Hall–Kier alpha value is -1.85. The van der Waals surface area contributed by atoms with Crippen molar-refractivity contribution >= 4 is 17.8 Å². The van der Waals surface area contributed by atoms with Crippen LogP contribution in [0.2, 0.25) is 0 Å². The van der Waals surface area contributed by atoms with Crippen molar-refractivity contribution in [1.82, 2.24) is 10.6 Å². The van der Waals surface area contributed by atoms with Crippen LogP contribution in [-0.2, 0) is 14.4 Å². The summed E-state index contributed by atoms with van der Waals surface area (Å²) in [6, 6.07) is 0. The van der Waals surface area contributed by atoms with E-state index in [4.69, 9.17) is 5.11 Å². The van der Waals surface area contributed by atoms with E-state index < -0.39 is 17.8 Å². The van der Waals surface area contributed by atoms with Crippen molar-refractivity contribution in [3.8, 4) is 0 Å². The maximum atomic E-state index is 11.8. The minimum atomic E-state index is -0.943. The van der Waals surface area contributed by atoms with E-state index in [1.165, 1.54) is 6.92 Å². The van der Waals surface area contributed by atoms with Gasteiger partial charge in [-0.2, -0.15) is 0 Å². The maximum Gasteiger partial charge on any atom is 0.307 e. The third-order valence-corrected chi connectivity index (χ3v) is 2.88. The van der Waals surface area contributed by atoms with Crippen molar-refractivity contribution in [3.63, 3.8) is 0 Å². The fourth-order valence-electron chi connectivity index (χ4n) is 1.93. The molecule has 0 aromatic carbocycles. The van der Waals surface area contributed by atoms with Crippen LogP contribution in [0.3, 0.4) is 0 Å². The number of amides is 2. The quantitative estimate of drug-likeness (QED) is 0.472. The summed E-state index contributed by atoms with van der Waals surface area (Å²) >= 11 is 0. The van der Waals surface area contributed by atoms with Gasteiger partial charge in [0.15, 0.2) is 0 Å². The molecule has 0 heterocycles. The molecule has 0 saturated heterocycles. The van der Waals surface area contributed by atoms with Crippen LogP contribution in [-0.4, -0.2) is 36.0 Å². The van der Waals surface area contributed by atoms with Crippen molar-refractivity contribution in [2.45, 2.75) is 19.8 Å². The lowest BCUT2D eigenvalue weighted by Gasteiger charge is -2.24. The summed E-state index contributed by atoms with van der Waals surface area (Å²) in [6.45, 7) is 2.06. The molecule has 1 aliphatic carbocycles. The zero-order chi connectivity index (χ0) is 13.5. The summed E-state index contributed by atoms with van der Waals surface area (Å²) in [5.74, 6) is -2.55. The summed E-state index contributed by atoms with van der Waals surface area (Å²) < 4.78 is 0. The van der Waals surface area contributed by atoms with Gasteiger partial charge in [0.1, 0.15) is 0 Å². The lowest BCUT2D eigenvalue weighted by atomic mass is 9.82. The molecule has 3 N–H and O–H groups in total. The normalized spacial score (nSPS) is 22.3. The van der Waals surface area contributed by atoms with Gasteiger partial charge in [0.05, 0.1) is 11.8 Å². The molecule has 0 spiro atoms. The molecule has 6 nitrogen and oxygen atoms in total. The number of allylic oxidation sites excluding steroid dienone is 2. The predicted molar refractivity (Wildman–Crippen MR) is 64.7 cm³/mol. The van der Waals surface area contributed by atoms with Gasteiger partial charge in [0.2, 0.25) is 11.8 Å². The number of carboxylic acids is 1. The van der Waals surface area contributed by atoms with Crippen molar-refractivity contribution in [2.75, 3.05) is 13.1 Å². The molecular formula is C12H18N2O4.